The van der Waals surface area contributed by atoms with E-state index in [0.29, 0.717) is 12.8 Å². The van der Waals surface area contributed by atoms with Crippen LogP contribution in [0.2, 0.25) is 0 Å². The van der Waals surface area contributed by atoms with Gasteiger partial charge >= 0.3 is 5.97 Å². The van der Waals surface area contributed by atoms with E-state index in [1.54, 1.807) is 24.3 Å². The summed E-state index contributed by atoms with van der Waals surface area (Å²) in [5, 5.41) is 12.2. The van der Waals surface area contributed by atoms with Crippen LogP contribution in [-0.2, 0) is 27.0 Å². The molecule has 0 radical (unpaired) electrons. The van der Waals surface area contributed by atoms with Gasteiger partial charge in [-0.2, -0.15) is 0 Å². The lowest BCUT2D eigenvalue weighted by Crippen LogP contribution is -3.00. The Bertz CT molecular complexity index is 927. The van der Waals surface area contributed by atoms with E-state index in [1.165, 1.54) is 0 Å². The van der Waals surface area contributed by atoms with E-state index in [1.807, 2.05) is 50.2 Å². The Morgan fingerprint density at radius 3 is 1.91 bits per heavy atom. The third-order valence-electron chi connectivity index (χ3n) is 5.39. The van der Waals surface area contributed by atoms with E-state index in [4.69, 9.17) is 0 Å². The van der Waals surface area contributed by atoms with E-state index >= 15 is 0 Å². The van der Waals surface area contributed by atoms with Gasteiger partial charge in [0.25, 0.3) is 7.37 Å². The minimum absolute atomic E-state index is 0. The molecule has 2 rings (SSSR count). The van der Waals surface area contributed by atoms with Crippen LogP contribution in [0.25, 0.3) is 0 Å². The SMILES string of the molecule is CC(C)C[C@H](CP(=O)(O)[C@H]([NH3+])Cc1ccccc1)C(=O)N[C@@H](Cc1ccccc1)C(=O)O.[Br-]. The standard InChI is InChI=1S/C24H33N2O5P.BrH/c1-17(2)13-20(16-32(30,31)22(25)15-19-11-7-4-8-12-19)23(27)26-21(24(28)29)14-18-9-5-3-6-10-18;/h3-12,17,20-22H,13-16,25H2,1-2H3,(H,26,27)(H,28,29)(H,30,31);1H/t20-,21+,22+;/m1./s1. The first kappa shape index (κ1) is 29.0. The number of rotatable bonds is 12. The zero-order valence-corrected chi connectivity index (χ0v) is 21.5. The molecule has 0 heterocycles. The highest BCUT2D eigenvalue weighted by atomic mass is 79.9. The summed E-state index contributed by atoms with van der Waals surface area (Å²) in [4.78, 5) is 35.5. The number of carboxylic acid groups (broad SMARTS) is 1. The predicted octanol–water partition coefficient (Wildman–Crippen LogP) is -0.454. The number of benzene rings is 2. The maximum Gasteiger partial charge on any atom is 0.326 e. The molecule has 0 aliphatic carbocycles. The number of carbonyl (C=O) groups excluding carboxylic acids is 1. The van der Waals surface area contributed by atoms with E-state index in [2.05, 4.69) is 11.1 Å². The quantitative estimate of drug-likeness (QED) is 0.271. The van der Waals surface area contributed by atoms with Crippen molar-refractivity contribution in [3.63, 3.8) is 0 Å². The van der Waals surface area contributed by atoms with Gasteiger partial charge < -0.3 is 38.0 Å². The van der Waals surface area contributed by atoms with Crippen LogP contribution in [0.4, 0.5) is 0 Å². The highest BCUT2D eigenvalue weighted by Crippen LogP contribution is 2.47. The van der Waals surface area contributed by atoms with Crippen molar-refractivity contribution in [2.45, 2.75) is 44.9 Å². The van der Waals surface area contributed by atoms with Crippen molar-refractivity contribution in [1.29, 1.82) is 0 Å². The first-order valence-corrected chi connectivity index (χ1v) is 12.8. The van der Waals surface area contributed by atoms with Gasteiger partial charge in [0.15, 0.2) is 5.78 Å². The molecule has 33 heavy (non-hydrogen) atoms. The second-order valence-electron chi connectivity index (χ2n) is 8.70. The average Bonchev–Trinajstić information content (AvgIpc) is 2.73. The normalized spacial score (nSPS) is 15.5. The van der Waals surface area contributed by atoms with Gasteiger partial charge in [-0.3, -0.25) is 9.36 Å². The summed E-state index contributed by atoms with van der Waals surface area (Å²) in [5.41, 5.74) is 5.59. The Morgan fingerprint density at radius 2 is 1.45 bits per heavy atom. The van der Waals surface area contributed by atoms with Crippen LogP contribution < -0.4 is 28.0 Å². The molecule has 0 spiro atoms. The maximum atomic E-state index is 13.1. The first-order chi connectivity index (χ1) is 15.1. The van der Waals surface area contributed by atoms with Crippen molar-refractivity contribution in [3.8, 4) is 0 Å². The van der Waals surface area contributed by atoms with E-state index in [0.717, 1.165) is 11.1 Å². The number of nitrogens with one attached hydrogen (secondary N) is 1. The lowest BCUT2D eigenvalue weighted by molar-refractivity contribution is -0.391. The Morgan fingerprint density at radius 1 is 0.970 bits per heavy atom. The summed E-state index contributed by atoms with van der Waals surface area (Å²) in [7, 11) is -3.77. The van der Waals surface area contributed by atoms with Gasteiger partial charge in [-0.15, -0.1) is 0 Å². The molecule has 0 fully saturated rings. The van der Waals surface area contributed by atoms with Crippen molar-refractivity contribution in [2.24, 2.45) is 11.8 Å². The Labute approximate surface area is 206 Å². The van der Waals surface area contributed by atoms with Crippen molar-refractivity contribution in [2.75, 3.05) is 6.16 Å². The number of hydrogen-bond acceptors (Lipinski definition) is 3. The molecule has 0 aliphatic heterocycles. The molecule has 0 saturated heterocycles. The van der Waals surface area contributed by atoms with Crippen LogP contribution >= 0.6 is 7.37 Å². The lowest BCUT2D eigenvalue weighted by Gasteiger charge is -2.25. The van der Waals surface area contributed by atoms with E-state index in [9.17, 15) is 24.2 Å². The highest BCUT2D eigenvalue weighted by Gasteiger charge is 2.37. The summed E-state index contributed by atoms with van der Waals surface area (Å²) in [6, 6.07) is 17.3. The molecule has 7 nitrogen and oxygen atoms in total. The van der Waals surface area contributed by atoms with Crippen molar-refractivity contribution >= 4 is 19.2 Å². The minimum atomic E-state index is -3.77. The molecule has 1 unspecified atom stereocenters. The third kappa shape index (κ3) is 9.80. The number of amides is 1. The fourth-order valence-electron chi connectivity index (χ4n) is 3.67. The molecular weight excluding hydrogens is 507 g/mol. The molecule has 2 aromatic rings. The van der Waals surface area contributed by atoms with Gasteiger partial charge in [0.2, 0.25) is 5.91 Å². The number of quaternary nitrogens is 1. The van der Waals surface area contributed by atoms with Gasteiger partial charge in [0.1, 0.15) is 6.04 Å². The zero-order chi connectivity index (χ0) is 23.7. The number of hydrogen-bond donors (Lipinski definition) is 4. The van der Waals surface area contributed by atoms with E-state index < -0.39 is 37.0 Å². The second-order valence-corrected chi connectivity index (χ2v) is 11.3. The average molecular weight is 541 g/mol. The number of halogens is 1. The first-order valence-electron chi connectivity index (χ1n) is 10.8. The van der Waals surface area contributed by atoms with E-state index in [-0.39, 0.29) is 35.5 Å². The Kier molecular flexibility index (Phi) is 12.0. The Hall–Kier alpha value is -1.99. The number of carbonyl (C=O) groups is 2. The summed E-state index contributed by atoms with van der Waals surface area (Å²) in [6.45, 7) is 3.85. The van der Waals surface area contributed by atoms with Crippen LogP contribution in [0.5, 0.6) is 0 Å². The molecule has 0 aromatic heterocycles. The smallest absolute Gasteiger partial charge is 0.326 e. The molecule has 4 atom stereocenters. The monoisotopic (exact) mass is 540 g/mol. The summed E-state index contributed by atoms with van der Waals surface area (Å²) < 4.78 is 13.1. The number of carboxylic acids is 1. The second kappa shape index (κ2) is 13.7. The van der Waals surface area contributed by atoms with Crippen LogP contribution in [0.3, 0.4) is 0 Å². The van der Waals surface area contributed by atoms with Crippen molar-refractivity contribution in [1.82, 2.24) is 5.32 Å². The van der Waals surface area contributed by atoms with Crippen LogP contribution in [0.1, 0.15) is 31.4 Å². The van der Waals surface area contributed by atoms with Crippen LogP contribution in [-0.4, -0.2) is 39.9 Å². The fourth-order valence-corrected chi connectivity index (χ4v) is 5.41. The minimum Gasteiger partial charge on any atom is -1.00 e. The molecule has 2 aromatic carbocycles. The predicted molar refractivity (Wildman–Crippen MR) is 124 cm³/mol. The van der Waals surface area contributed by atoms with Crippen LogP contribution in [0.15, 0.2) is 60.7 Å². The van der Waals surface area contributed by atoms with Gasteiger partial charge in [0.05, 0.1) is 0 Å². The molecule has 182 valence electrons. The Balaban J connectivity index is 0.00000544. The topological polar surface area (TPSA) is 131 Å². The largest absolute Gasteiger partial charge is 1.00 e. The summed E-state index contributed by atoms with van der Waals surface area (Å²) in [6.07, 6.45) is 0.622. The molecule has 0 aliphatic rings. The fraction of sp³-hybridized carbons (Fsp3) is 0.417. The van der Waals surface area contributed by atoms with Crippen molar-refractivity contribution < 1.29 is 46.9 Å². The highest BCUT2D eigenvalue weighted by molar-refractivity contribution is 7.58. The van der Waals surface area contributed by atoms with Crippen LogP contribution in [0, 0.1) is 11.8 Å². The zero-order valence-electron chi connectivity index (χ0n) is 19.1. The molecule has 1 amide bonds. The molecule has 0 saturated carbocycles. The molecule has 9 heteroatoms. The van der Waals surface area contributed by atoms with Gasteiger partial charge in [-0.1, -0.05) is 74.5 Å². The summed E-state index contributed by atoms with van der Waals surface area (Å²) >= 11 is 0. The molecule has 0 bridgehead atoms. The third-order valence-corrected chi connectivity index (χ3v) is 7.68. The molecular formula is C24H34BrN2O5P. The lowest BCUT2D eigenvalue weighted by atomic mass is 9.97. The van der Waals surface area contributed by atoms with Gasteiger partial charge in [0, 0.05) is 24.9 Å². The van der Waals surface area contributed by atoms with Crippen molar-refractivity contribution in [3.05, 3.63) is 71.8 Å². The summed E-state index contributed by atoms with van der Waals surface area (Å²) in [5.74, 6) is -3.09. The maximum absolute atomic E-state index is 13.1. The number of aliphatic carboxylic acids is 1. The van der Waals surface area contributed by atoms with Gasteiger partial charge in [-0.25, -0.2) is 4.79 Å². The molecule has 6 N–H and O–H groups in total. The van der Waals surface area contributed by atoms with Gasteiger partial charge in [-0.05, 0) is 23.5 Å².